The minimum absolute atomic E-state index is 0.0285. The number of halogens is 2. The van der Waals surface area contributed by atoms with Crippen molar-refractivity contribution in [3.05, 3.63) is 34.6 Å². The molecule has 1 N–H and O–H groups in total. The van der Waals surface area contributed by atoms with Gasteiger partial charge < -0.3 is 10.1 Å². The Morgan fingerprint density at radius 1 is 1.39 bits per heavy atom. The van der Waals surface area contributed by atoms with E-state index in [2.05, 4.69) is 19.2 Å². The lowest BCUT2D eigenvalue weighted by Crippen LogP contribution is -2.33. The number of hydrogen-bond acceptors (Lipinski definition) is 2. The van der Waals surface area contributed by atoms with Gasteiger partial charge in [0, 0.05) is 25.2 Å². The summed E-state index contributed by atoms with van der Waals surface area (Å²) in [5.41, 5.74) is 0.639. The van der Waals surface area contributed by atoms with Crippen molar-refractivity contribution in [3.8, 4) is 0 Å². The number of rotatable bonds is 7. The minimum atomic E-state index is -0.190. The zero-order valence-corrected chi connectivity index (χ0v) is 12.0. The summed E-state index contributed by atoms with van der Waals surface area (Å²) in [4.78, 5) is 0. The number of methoxy groups -OCH3 is 1. The second kappa shape index (κ2) is 7.07. The average Bonchev–Trinajstić information content (AvgIpc) is 2.29. The molecule has 0 aliphatic rings. The van der Waals surface area contributed by atoms with E-state index >= 15 is 0 Å². The fourth-order valence-electron chi connectivity index (χ4n) is 1.86. The van der Waals surface area contributed by atoms with Gasteiger partial charge in [-0.3, -0.25) is 0 Å². The quantitative estimate of drug-likeness (QED) is 0.770. The predicted octanol–water partition coefficient (Wildman–Crippen LogP) is 3.28. The smallest absolute Gasteiger partial charge is 0.126 e. The Morgan fingerprint density at radius 3 is 2.78 bits per heavy atom. The van der Waals surface area contributed by atoms with Crippen LogP contribution in [0.25, 0.3) is 0 Å². The first-order chi connectivity index (χ1) is 8.44. The monoisotopic (exact) mass is 273 g/mol. The molecule has 0 unspecified atom stereocenters. The SMILES string of the molecule is COCCNCC(C)(C)Cc1cc(Cl)ccc1F. The molecule has 0 spiro atoms. The van der Waals surface area contributed by atoms with Crippen molar-refractivity contribution in [1.82, 2.24) is 5.32 Å². The molecule has 0 fully saturated rings. The van der Waals surface area contributed by atoms with Gasteiger partial charge in [0.2, 0.25) is 0 Å². The van der Waals surface area contributed by atoms with Crippen molar-refractivity contribution in [3.63, 3.8) is 0 Å². The summed E-state index contributed by atoms with van der Waals surface area (Å²) >= 11 is 5.89. The van der Waals surface area contributed by atoms with E-state index < -0.39 is 0 Å². The number of hydrogen-bond donors (Lipinski definition) is 1. The fraction of sp³-hybridized carbons (Fsp3) is 0.571. The Morgan fingerprint density at radius 2 is 2.11 bits per heavy atom. The summed E-state index contributed by atoms with van der Waals surface area (Å²) in [5.74, 6) is -0.190. The topological polar surface area (TPSA) is 21.3 Å². The van der Waals surface area contributed by atoms with Gasteiger partial charge in [0.05, 0.1) is 6.61 Å². The highest BCUT2D eigenvalue weighted by molar-refractivity contribution is 6.30. The second-order valence-electron chi connectivity index (χ2n) is 5.25. The highest BCUT2D eigenvalue weighted by atomic mass is 35.5. The standard InChI is InChI=1S/C14H21ClFNO/c1-14(2,10-17-6-7-18-3)9-11-8-12(15)4-5-13(11)16/h4-5,8,17H,6-7,9-10H2,1-3H3. The molecule has 0 bridgehead atoms. The first-order valence-electron chi connectivity index (χ1n) is 6.08. The van der Waals surface area contributed by atoms with Crippen LogP contribution < -0.4 is 5.32 Å². The molecular formula is C14H21ClFNO. The van der Waals surface area contributed by atoms with Gasteiger partial charge in [-0.2, -0.15) is 0 Å². The van der Waals surface area contributed by atoms with Crippen molar-refractivity contribution in [1.29, 1.82) is 0 Å². The van der Waals surface area contributed by atoms with E-state index in [0.29, 0.717) is 23.6 Å². The molecule has 0 atom stereocenters. The fourth-order valence-corrected chi connectivity index (χ4v) is 2.05. The van der Waals surface area contributed by atoms with E-state index in [4.69, 9.17) is 16.3 Å². The van der Waals surface area contributed by atoms with Crippen LogP contribution in [-0.4, -0.2) is 26.8 Å². The molecule has 0 aliphatic carbocycles. The number of ether oxygens (including phenoxy) is 1. The third kappa shape index (κ3) is 5.34. The van der Waals surface area contributed by atoms with Gasteiger partial charge in [0.1, 0.15) is 5.82 Å². The van der Waals surface area contributed by atoms with Crippen LogP contribution in [0, 0.1) is 11.2 Å². The minimum Gasteiger partial charge on any atom is -0.383 e. The molecule has 4 heteroatoms. The summed E-state index contributed by atoms with van der Waals surface area (Å²) in [6, 6.07) is 4.70. The van der Waals surface area contributed by atoms with Crippen LogP contribution >= 0.6 is 11.6 Å². The van der Waals surface area contributed by atoms with Crippen LogP contribution in [0.2, 0.25) is 5.02 Å². The van der Waals surface area contributed by atoms with E-state index in [-0.39, 0.29) is 11.2 Å². The normalized spacial score (nSPS) is 11.8. The molecule has 0 radical (unpaired) electrons. The summed E-state index contributed by atoms with van der Waals surface area (Å²) in [5, 5.41) is 3.88. The van der Waals surface area contributed by atoms with Crippen molar-refractivity contribution < 1.29 is 9.13 Å². The number of nitrogens with one attached hydrogen (secondary N) is 1. The van der Waals surface area contributed by atoms with Gasteiger partial charge in [-0.15, -0.1) is 0 Å². The Bertz CT molecular complexity index is 382. The number of benzene rings is 1. The Balaban J connectivity index is 2.55. The maximum absolute atomic E-state index is 13.6. The van der Waals surface area contributed by atoms with Gasteiger partial charge in [-0.05, 0) is 35.6 Å². The van der Waals surface area contributed by atoms with Crippen molar-refractivity contribution in [2.75, 3.05) is 26.8 Å². The Labute approximate surface area is 113 Å². The molecule has 0 amide bonds. The van der Waals surface area contributed by atoms with Crippen LogP contribution in [0.15, 0.2) is 18.2 Å². The molecule has 1 rings (SSSR count). The molecule has 2 nitrogen and oxygen atoms in total. The van der Waals surface area contributed by atoms with Crippen molar-refractivity contribution in [2.45, 2.75) is 20.3 Å². The molecule has 18 heavy (non-hydrogen) atoms. The molecule has 0 aromatic heterocycles. The van der Waals surface area contributed by atoms with Gasteiger partial charge >= 0.3 is 0 Å². The summed E-state index contributed by atoms with van der Waals surface area (Å²) < 4.78 is 18.6. The highest BCUT2D eigenvalue weighted by Gasteiger charge is 2.20. The predicted molar refractivity (Wildman–Crippen MR) is 73.6 cm³/mol. The molecule has 0 heterocycles. The van der Waals surface area contributed by atoms with E-state index in [1.54, 1.807) is 19.2 Å². The summed E-state index contributed by atoms with van der Waals surface area (Å²) in [6.45, 7) is 6.50. The zero-order valence-electron chi connectivity index (χ0n) is 11.2. The molecule has 0 aliphatic heterocycles. The molecule has 1 aromatic rings. The van der Waals surface area contributed by atoms with Gasteiger partial charge in [-0.25, -0.2) is 4.39 Å². The third-order valence-corrected chi connectivity index (χ3v) is 3.00. The van der Waals surface area contributed by atoms with Crippen LogP contribution in [0.3, 0.4) is 0 Å². The lowest BCUT2D eigenvalue weighted by Gasteiger charge is -2.25. The van der Waals surface area contributed by atoms with E-state index in [1.165, 1.54) is 6.07 Å². The highest BCUT2D eigenvalue weighted by Crippen LogP contribution is 2.24. The first-order valence-corrected chi connectivity index (χ1v) is 6.46. The zero-order chi connectivity index (χ0) is 13.6. The summed E-state index contributed by atoms with van der Waals surface area (Å²) in [6.07, 6.45) is 0.652. The van der Waals surface area contributed by atoms with E-state index in [9.17, 15) is 4.39 Å². The maximum atomic E-state index is 13.6. The van der Waals surface area contributed by atoms with Gasteiger partial charge in [0.15, 0.2) is 0 Å². The van der Waals surface area contributed by atoms with E-state index in [0.717, 1.165) is 13.1 Å². The summed E-state index contributed by atoms with van der Waals surface area (Å²) in [7, 11) is 1.67. The lowest BCUT2D eigenvalue weighted by molar-refractivity contribution is 0.194. The average molecular weight is 274 g/mol. The van der Waals surface area contributed by atoms with Crippen LogP contribution in [-0.2, 0) is 11.2 Å². The van der Waals surface area contributed by atoms with Crippen LogP contribution in [0.1, 0.15) is 19.4 Å². The van der Waals surface area contributed by atoms with Crippen molar-refractivity contribution >= 4 is 11.6 Å². The molecule has 102 valence electrons. The third-order valence-electron chi connectivity index (χ3n) is 2.76. The Kier molecular flexibility index (Phi) is 6.06. The van der Waals surface area contributed by atoms with Crippen LogP contribution in [0.5, 0.6) is 0 Å². The molecule has 0 saturated carbocycles. The Hall–Kier alpha value is -0.640. The maximum Gasteiger partial charge on any atom is 0.126 e. The largest absolute Gasteiger partial charge is 0.383 e. The lowest BCUT2D eigenvalue weighted by atomic mass is 9.85. The van der Waals surface area contributed by atoms with Gasteiger partial charge in [-0.1, -0.05) is 25.4 Å². The van der Waals surface area contributed by atoms with Crippen LogP contribution in [0.4, 0.5) is 4.39 Å². The second-order valence-corrected chi connectivity index (χ2v) is 5.68. The first kappa shape index (κ1) is 15.4. The molecule has 1 aromatic carbocycles. The van der Waals surface area contributed by atoms with Gasteiger partial charge in [0.25, 0.3) is 0 Å². The van der Waals surface area contributed by atoms with Crippen molar-refractivity contribution in [2.24, 2.45) is 5.41 Å². The van der Waals surface area contributed by atoms with E-state index in [1.807, 2.05) is 0 Å². The molecule has 0 saturated heterocycles. The molecular weight excluding hydrogens is 253 g/mol.